The normalized spacial score (nSPS) is 11.2. The summed E-state index contributed by atoms with van der Waals surface area (Å²) in [6, 6.07) is 13.5. The van der Waals surface area contributed by atoms with E-state index >= 15 is 0 Å². The van der Waals surface area contributed by atoms with Crippen molar-refractivity contribution in [1.82, 2.24) is 0 Å². The molecule has 0 aliphatic rings. The van der Waals surface area contributed by atoms with Crippen molar-refractivity contribution in [3.05, 3.63) is 65.5 Å². The fourth-order valence-corrected chi connectivity index (χ4v) is 1.79. The van der Waals surface area contributed by atoms with Gasteiger partial charge in [-0.25, -0.2) is 9.18 Å². The number of nitrogens with one attached hydrogen (secondary N) is 1. The van der Waals surface area contributed by atoms with Crippen molar-refractivity contribution in [2.75, 3.05) is 5.32 Å². The third-order valence-electron chi connectivity index (χ3n) is 3.01. The SMILES string of the molecule is C[C@@H](OC(=O)c1cccc(C#N)c1)C(=O)Nc1ccccc1F. The lowest BCUT2D eigenvalue weighted by Crippen LogP contribution is -2.30. The van der Waals surface area contributed by atoms with E-state index in [0.29, 0.717) is 5.56 Å². The van der Waals surface area contributed by atoms with Crippen molar-refractivity contribution >= 4 is 17.6 Å². The van der Waals surface area contributed by atoms with E-state index < -0.39 is 23.8 Å². The Morgan fingerprint density at radius 1 is 1.22 bits per heavy atom. The van der Waals surface area contributed by atoms with Gasteiger partial charge in [0.2, 0.25) is 0 Å². The largest absolute Gasteiger partial charge is 0.449 e. The second-order valence-electron chi connectivity index (χ2n) is 4.71. The number of benzene rings is 2. The van der Waals surface area contributed by atoms with E-state index in [1.165, 1.54) is 37.3 Å². The lowest BCUT2D eigenvalue weighted by molar-refractivity contribution is -0.123. The highest BCUT2D eigenvalue weighted by Gasteiger charge is 2.20. The number of nitriles is 1. The van der Waals surface area contributed by atoms with Gasteiger partial charge in [-0.3, -0.25) is 4.79 Å². The number of hydrogen-bond donors (Lipinski definition) is 1. The van der Waals surface area contributed by atoms with Crippen molar-refractivity contribution in [2.24, 2.45) is 0 Å². The average Bonchev–Trinajstić information content (AvgIpc) is 2.56. The molecule has 0 aliphatic carbocycles. The van der Waals surface area contributed by atoms with Crippen LogP contribution < -0.4 is 5.32 Å². The maximum Gasteiger partial charge on any atom is 0.338 e. The van der Waals surface area contributed by atoms with Crippen LogP contribution in [0, 0.1) is 17.1 Å². The Labute approximate surface area is 132 Å². The molecule has 2 aromatic carbocycles. The summed E-state index contributed by atoms with van der Waals surface area (Å²) < 4.78 is 18.5. The summed E-state index contributed by atoms with van der Waals surface area (Å²) in [5.74, 6) is -1.97. The molecule has 0 aliphatic heterocycles. The van der Waals surface area contributed by atoms with Crippen LogP contribution in [0.5, 0.6) is 0 Å². The molecule has 2 rings (SSSR count). The Hall–Kier alpha value is -3.20. The van der Waals surface area contributed by atoms with Crippen molar-refractivity contribution < 1.29 is 18.7 Å². The highest BCUT2D eigenvalue weighted by Crippen LogP contribution is 2.14. The number of hydrogen-bond acceptors (Lipinski definition) is 4. The van der Waals surface area contributed by atoms with Crippen LogP contribution in [0.25, 0.3) is 0 Å². The third-order valence-corrected chi connectivity index (χ3v) is 3.01. The molecule has 1 N–H and O–H groups in total. The van der Waals surface area contributed by atoms with Gasteiger partial charge in [0, 0.05) is 0 Å². The van der Waals surface area contributed by atoms with Crippen molar-refractivity contribution in [1.29, 1.82) is 5.26 Å². The van der Waals surface area contributed by atoms with Crippen LogP contribution in [0.4, 0.5) is 10.1 Å². The van der Waals surface area contributed by atoms with Crippen molar-refractivity contribution in [3.63, 3.8) is 0 Å². The molecular formula is C17H13FN2O3. The predicted molar refractivity (Wildman–Crippen MR) is 81.1 cm³/mol. The summed E-state index contributed by atoms with van der Waals surface area (Å²) in [5.41, 5.74) is 0.476. The quantitative estimate of drug-likeness (QED) is 0.880. The van der Waals surface area contributed by atoms with Crippen molar-refractivity contribution in [2.45, 2.75) is 13.0 Å². The van der Waals surface area contributed by atoms with Crippen LogP contribution in [-0.4, -0.2) is 18.0 Å². The highest BCUT2D eigenvalue weighted by atomic mass is 19.1. The monoisotopic (exact) mass is 312 g/mol. The number of carbonyl (C=O) groups excluding carboxylic acids is 2. The number of amides is 1. The zero-order valence-electron chi connectivity index (χ0n) is 12.2. The van der Waals surface area contributed by atoms with Gasteiger partial charge in [-0.2, -0.15) is 5.26 Å². The van der Waals surface area contributed by atoms with Crippen LogP contribution in [0.2, 0.25) is 0 Å². The topological polar surface area (TPSA) is 79.2 Å². The maximum atomic E-state index is 13.5. The van der Waals surface area contributed by atoms with Crippen molar-refractivity contribution in [3.8, 4) is 6.07 Å². The molecule has 0 saturated heterocycles. The van der Waals surface area contributed by atoms with Gasteiger partial charge in [-0.05, 0) is 37.3 Å². The predicted octanol–water partition coefficient (Wildman–Crippen LogP) is 2.88. The Bertz CT molecular complexity index is 783. The number of nitrogens with zero attached hydrogens (tertiary/aromatic N) is 1. The zero-order chi connectivity index (χ0) is 16.8. The fourth-order valence-electron chi connectivity index (χ4n) is 1.79. The van der Waals surface area contributed by atoms with Gasteiger partial charge in [-0.15, -0.1) is 0 Å². The molecule has 0 radical (unpaired) electrons. The minimum atomic E-state index is -1.12. The Morgan fingerprint density at radius 2 is 1.96 bits per heavy atom. The van der Waals surface area contributed by atoms with Gasteiger partial charge in [0.25, 0.3) is 5.91 Å². The molecule has 0 aromatic heterocycles. The fraction of sp³-hybridized carbons (Fsp3) is 0.118. The van der Waals surface area contributed by atoms with Gasteiger partial charge in [0.05, 0.1) is 22.9 Å². The van der Waals surface area contributed by atoms with Crippen LogP contribution in [-0.2, 0) is 9.53 Å². The molecule has 0 saturated carbocycles. The van der Waals surface area contributed by atoms with E-state index in [9.17, 15) is 14.0 Å². The molecule has 23 heavy (non-hydrogen) atoms. The van der Waals surface area contributed by atoms with E-state index in [-0.39, 0.29) is 11.3 Å². The van der Waals surface area contributed by atoms with E-state index in [1.807, 2.05) is 6.07 Å². The van der Waals surface area contributed by atoms with Crippen LogP contribution in [0.15, 0.2) is 48.5 Å². The van der Waals surface area contributed by atoms with E-state index in [0.717, 1.165) is 0 Å². The van der Waals surface area contributed by atoms with Gasteiger partial charge in [0.1, 0.15) is 5.82 Å². The Balaban J connectivity index is 2.02. The molecule has 5 nitrogen and oxygen atoms in total. The minimum absolute atomic E-state index is 0.00637. The summed E-state index contributed by atoms with van der Waals surface area (Å²) in [4.78, 5) is 23.9. The Kier molecular flexibility index (Phi) is 5.05. The first-order valence-electron chi connectivity index (χ1n) is 6.78. The van der Waals surface area contributed by atoms with Gasteiger partial charge in [-0.1, -0.05) is 18.2 Å². The molecule has 0 spiro atoms. The molecule has 1 atom stereocenters. The third kappa shape index (κ3) is 4.14. The first-order valence-corrected chi connectivity index (χ1v) is 6.78. The van der Waals surface area contributed by atoms with Gasteiger partial charge >= 0.3 is 5.97 Å². The molecule has 0 unspecified atom stereocenters. The smallest absolute Gasteiger partial charge is 0.338 e. The van der Waals surface area contributed by atoms with Crippen LogP contribution >= 0.6 is 0 Å². The second kappa shape index (κ2) is 7.18. The molecule has 6 heteroatoms. The van der Waals surface area contributed by atoms with Gasteiger partial charge < -0.3 is 10.1 Å². The van der Waals surface area contributed by atoms with E-state index in [1.54, 1.807) is 18.2 Å². The number of halogens is 1. The number of esters is 1. The molecule has 116 valence electrons. The second-order valence-corrected chi connectivity index (χ2v) is 4.71. The number of carbonyl (C=O) groups is 2. The van der Waals surface area contributed by atoms with E-state index in [4.69, 9.17) is 10.00 Å². The van der Waals surface area contributed by atoms with E-state index in [2.05, 4.69) is 5.32 Å². The van der Waals surface area contributed by atoms with Gasteiger partial charge in [0.15, 0.2) is 6.10 Å². The molecule has 2 aromatic rings. The van der Waals surface area contributed by atoms with Crippen LogP contribution in [0.3, 0.4) is 0 Å². The summed E-state index contributed by atoms with van der Waals surface area (Å²) in [6.07, 6.45) is -1.12. The summed E-state index contributed by atoms with van der Waals surface area (Å²) >= 11 is 0. The molecule has 0 bridgehead atoms. The maximum absolute atomic E-state index is 13.5. The number of para-hydroxylation sites is 1. The summed E-state index contributed by atoms with van der Waals surface area (Å²) in [5, 5.41) is 11.1. The molecule has 1 amide bonds. The first kappa shape index (κ1) is 16.2. The average molecular weight is 312 g/mol. The minimum Gasteiger partial charge on any atom is -0.449 e. The lowest BCUT2D eigenvalue weighted by Gasteiger charge is -2.14. The first-order chi connectivity index (χ1) is 11.0. The summed E-state index contributed by atoms with van der Waals surface area (Å²) in [7, 11) is 0. The molecular weight excluding hydrogens is 299 g/mol. The summed E-state index contributed by atoms with van der Waals surface area (Å²) in [6.45, 7) is 1.38. The standard InChI is InChI=1S/C17H13FN2O3/c1-11(16(21)20-15-8-3-2-7-14(15)18)23-17(22)13-6-4-5-12(9-13)10-19/h2-9,11H,1H3,(H,20,21)/t11-/m1/s1. The number of anilines is 1. The lowest BCUT2D eigenvalue weighted by atomic mass is 10.1. The zero-order valence-corrected chi connectivity index (χ0v) is 12.2. The number of ether oxygens (including phenoxy) is 1. The Morgan fingerprint density at radius 3 is 2.65 bits per heavy atom. The highest BCUT2D eigenvalue weighted by molar-refractivity contribution is 5.97. The molecule has 0 fully saturated rings. The number of rotatable bonds is 4. The molecule has 0 heterocycles. The van der Waals surface area contributed by atoms with Crippen LogP contribution in [0.1, 0.15) is 22.8 Å².